The van der Waals surface area contributed by atoms with Gasteiger partial charge < -0.3 is 82.0 Å². The number of allylic oxidation sites excluding steroid dienone is 6. The van der Waals surface area contributed by atoms with Crippen molar-refractivity contribution in [1.82, 2.24) is 10.2 Å². The molecule has 2 bridgehead atoms. The highest BCUT2D eigenvalue weighted by Gasteiger charge is 2.53. The molecular formula is C68H112N2O21. The standard InChI is InChI=1S/C68H112N2O21/c1-12-82-28-29-84-32-33-86-36-37-88-39-38-87-35-34-85-31-30-83-27-25-69-67(77)90-57-24-22-53(43-60(57)80-10)42-49(5)59-45-56(71)48(4)41-51(7)62(73)63(81-11)61(72)50(6)40-46(2)18-14-13-15-19-47(3)58(79-9)44-54-23-21-52(8)68(78,91-54)64(74)65(75)70-26-17-16-20-55(70)66(76)89-59/h13-15,18-19,41,46,48-50,52-55,57-60,62-63,73,78H,12,16-17,20-40,42-45H2,1-11H3,(H,69,77)/b15-13+,18-14+,47-19+,51-41+/t46-,48-,49-,50-,52-,53?,54+,55+,57-,58+,59?,60-,62-,63+,68-/m1/s1. The average Bonchev–Trinajstić information content (AvgIpc) is 1.05. The first kappa shape index (κ1) is 79.1. The number of esters is 1. The van der Waals surface area contributed by atoms with Crippen LogP contribution >= 0.6 is 0 Å². The predicted octanol–water partition coefficient (Wildman–Crippen LogP) is 7.05. The Bertz CT molecular complexity index is 2300. The highest BCUT2D eigenvalue weighted by atomic mass is 16.6. The number of hydrogen-bond donors (Lipinski definition) is 3. The predicted molar refractivity (Wildman–Crippen MR) is 339 cm³/mol. The summed E-state index contributed by atoms with van der Waals surface area (Å²) in [6.07, 6.45) is 9.61. The average molecular weight is 1290 g/mol. The molecule has 520 valence electrons. The fourth-order valence-corrected chi connectivity index (χ4v) is 12.1. The van der Waals surface area contributed by atoms with Gasteiger partial charge in [-0.3, -0.25) is 19.2 Å². The van der Waals surface area contributed by atoms with E-state index in [4.69, 9.17) is 61.6 Å². The minimum atomic E-state index is -2.47. The SMILES string of the molecule is CCOCCOCCOCCOCCOCCOCCOCCNC(=O)O[C@@H]1CCC(C[C@@H](C)C2CC(=O)[C@H](C)/C=C(\C)[C@@H](O)[C@@H](OC)C(=O)[C@H](C)C[C@H](C)/C=C/C=C/C=C(\C)[C@@H](OC)C[C@@H]3CC[C@@H](C)[C@@](O)(O3)C(=O)C(=O)N3CCCC[C@H]3C(=O)O2)C[C@H]1OC. The van der Waals surface area contributed by atoms with Gasteiger partial charge in [-0.1, -0.05) is 71.1 Å². The molecule has 3 aliphatic heterocycles. The second kappa shape index (κ2) is 43.6. The fourth-order valence-electron chi connectivity index (χ4n) is 12.1. The summed E-state index contributed by atoms with van der Waals surface area (Å²) in [6, 6.07) is -1.20. The lowest BCUT2D eigenvalue weighted by molar-refractivity contribution is -0.265. The van der Waals surface area contributed by atoms with Crippen LogP contribution in [0.25, 0.3) is 0 Å². The minimum absolute atomic E-state index is 0.00555. The molecule has 0 aromatic rings. The molecule has 3 N–H and O–H groups in total. The maximum absolute atomic E-state index is 14.7. The van der Waals surface area contributed by atoms with Crippen molar-refractivity contribution in [2.24, 2.45) is 35.5 Å². The van der Waals surface area contributed by atoms with Gasteiger partial charge >= 0.3 is 12.1 Å². The van der Waals surface area contributed by atoms with Crippen LogP contribution in [0.3, 0.4) is 0 Å². The summed E-state index contributed by atoms with van der Waals surface area (Å²) >= 11 is 0. The summed E-state index contributed by atoms with van der Waals surface area (Å²) in [5.41, 5.74) is 1.22. The van der Waals surface area contributed by atoms with E-state index in [1.54, 1.807) is 48.0 Å². The maximum Gasteiger partial charge on any atom is 0.407 e. The van der Waals surface area contributed by atoms with Gasteiger partial charge in [-0.15, -0.1) is 0 Å². The van der Waals surface area contributed by atoms with Crippen LogP contribution in [0.1, 0.15) is 132 Å². The molecule has 3 heterocycles. The third-order valence-corrected chi connectivity index (χ3v) is 17.7. The van der Waals surface area contributed by atoms with E-state index in [1.807, 2.05) is 58.1 Å². The molecule has 0 radical (unpaired) electrons. The van der Waals surface area contributed by atoms with E-state index in [0.717, 1.165) is 5.57 Å². The van der Waals surface area contributed by atoms with Crippen LogP contribution in [0.2, 0.25) is 0 Å². The number of carbonyl (C=O) groups excluding carboxylic acids is 6. The van der Waals surface area contributed by atoms with Crippen molar-refractivity contribution in [3.8, 4) is 0 Å². The number of ketones is 3. The number of aliphatic hydroxyl groups excluding tert-OH is 1. The van der Waals surface area contributed by atoms with Crippen LogP contribution < -0.4 is 5.32 Å². The molecule has 3 fully saturated rings. The molecule has 4 rings (SSSR count). The Labute approximate surface area is 541 Å². The van der Waals surface area contributed by atoms with Crippen molar-refractivity contribution in [3.05, 3.63) is 47.6 Å². The number of amides is 2. The third kappa shape index (κ3) is 27.5. The first-order valence-electron chi connectivity index (χ1n) is 33.2. The molecule has 23 nitrogen and oxygen atoms in total. The molecular weight excluding hydrogens is 1180 g/mol. The molecule has 15 atom stereocenters. The van der Waals surface area contributed by atoms with Gasteiger partial charge in [0.05, 0.1) is 104 Å². The van der Waals surface area contributed by atoms with Crippen molar-refractivity contribution >= 4 is 35.3 Å². The van der Waals surface area contributed by atoms with Gasteiger partial charge in [0.15, 0.2) is 5.78 Å². The van der Waals surface area contributed by atoms with Crippen LogP contribution in [0.5, 0.6) is 0 Å². The number of cyclic esters (lactones) is 1. The zero-order valence-corrected chi connectivity index (χ0v) is 56.4. The zero-order valence-electron chi connectivity index (χ0n) is 56.4. The number of aliphatic hydroxyl groups is 2. The van der Waals surface area contributed by atoms with E-state index < -0.39 is 102 Å². The molecule has 2 unspecified atom stereocenters. The van der Waals surface area contributed by atoms with Crippen molar-refractivity contribution < 1.29 is 101 Å². The highest BCUT2D eigenvalue weighted by molar-refractivity contribution is 6.39. The summed E-state index contributed by atoms with van der Waals surface area (Å²) in [5, 5.41) is 26.4. The van der Waals surface area contributed by atoms with E-state index in [-0.39, 0.29) is 55.9 Å². The van der Waals surface area contributed by atoms with Crippen LogP contribution in [0, 0.1) is 35.5 Å². The lowest BCUT2D eigenvalue weighted by atomic mass is 9.78. The van der Waals surface area contributed by atoms with Crippen molar-refractivity contribution in [2.45, 2.75) is 187 Å². The highest BCUT2D eigenvalue weighted by Crippen LogP contribution is 2.38. The molecule has 0 aromatic carbocycles. The van der Waals surface area contributed by atoms with Gasteiger partial charge in [0.2, 0.25) is 5.79 Å². The molecule has 2 saturated heterocycles. The molecule has 1 aliphatic carbocycles. The second-order valence-corrected chi connectivity index (χ2v) is 24.8. The summed E-state index contributed by atoms with van der Waals surface area (Å²) in [6.45, 7) is 21.1. The lowest BCUT2D eigenvalue weighted by Crippen LogP contribution is -2.61. The largest absolute Gasteiger partial charge is 0.460 e. The Hall–Kier alpha value is -4.34. The number of nitrogens with one attached hydrogen (secondary N) is 1. The minimum Gasteiger partial charge on any atom is -0.460 e. The van der Waals surface area contributed by atoms with Gasteiger partial charge in [-0.2, -0.15) is 0 Å². The van der Waals surface area contributed by atoms with E-state index in [1.165, 1.54) is 12.0 Å². The lowest BCUT2D eigenvalue weighted by Gasteiger charge is -2.42. The smallest absolute Gasteiger partial charge is 0.407 e. The first-order chi connectivity index (χ1) is 43.7. The molecule has 23 heteroatoms. The van der Waals surface area contributed by atoms with Crippen molar-refractivity contribution in [1.29, 1.82) is 0 Å². The van der Waals surface area contributed by atoms with Gasteiger partial charge in [-0.25, -0.2) is 9.59 Å². The number of fused-ring (bicyclic) bond motifs is 3. The van der Waals surface area contributed by atoms with Gasteiger partial charge in [-0.05, 0) is 114 Å². The number of hydrogen-bond acceptors (Lipinski definition) is 21. The van der Waals surface area contributed by atoms with E-state index in [9.17, 15) is 39.0 Å². The summed E-state index contributed by atoms with van der Waals surface area (Å²) in [5.74, 6) is -8.53. The van der Waals surface area contributed by atoms with Gasteiger partial charge in [0.1, 0.15) is 36.2 Å². The fraction of sp³-hybridized carbons (Fsp3) is 0.794. The molecule has 91 heavy (non-hydrogen) atoms. The Balaban J connectivity index is 1.38. The molecule has 1 saturated carbocycles. The Morgan fingerprint density at radius 2 is 1.33 bits per heavy atom. The quantitative estimate of drug-likeness (QED) is 0.0293. The number of piperidine rings is 1. The molecule has 4 aliphatic rings. The van der Waals surface area contributed by atoms with Crippen LogP contribution in [0.4, 0.5) is 4.79 Å². The molecule has 0 spiro atoms. The molecule has 2 amide bonds. The van der Waals surface area contributed by atoms with Crippen LogP contribution in [0.15, 0.2) is 47.6 Å². The Morgan fingerprint density at radius 1 is 0.714 bits per heavy atom. The van der Waals surface area contributed by atoms with Gasteiger partial charge in [0.25, 0.3) is 11.7 Å². The zero-order chi connectivity index (χ0) is 66.7. The summed E-state index contributed by atoms with van der Waals surface area (Å²) in [7, 11) is 4.50. The Kier molecular flexibility index (Phi) is 37.9. The van der Waals surface area contributed by atoms with E-state index in [2.05, 4.69) is 5.32 Å². The van der Waals surface area contributed by atoms with Crippen molar-refractivity contribution in [2.75, 3.05) is 127 Å². The number of ether oxygens (including phenoxy) is 13. The van der Waals surface area contributed by atoms with Crippen LogP contribution in [-0.4, -0.2) is 232 Å². The topological polar surface area (TPSA) is 278 Å². The number of Topliss-reactive ketones (excluding diaryl/α,β-unsaturated/α-hetero) is 3. The van der Waals surface area contributed by atoms with E-state index in [0.29, 0.717) is 156 Å². The number of carbonyl (C=O) groups is 6. The summed E-state index contributed by atoms with van der Waals surface area (Å²) < 4.78 is 74.1. The number of rotatable bonds is 29. The monoisotopic (exact) mass is 1290 g/mol. The number of nitrogens with zero attached hydrogens (tertiary/aromatic N) is 1. The summed E-state index contributed by atoms with van der Waals surface area (Å²) in [4.78, 5) is 86.0. The normalized spacial score (nSPS) is 32.2. The Morgan fingerprint density at radius 3 is 1.92 bits per heavy atom. The third-order valence-electron chi connectivity index (χ3n) is 17.7. The first-order valence-corrected chi connectivity index (χ1v) is 33.2. The number of methoxy groups -OCH3 is 3. The van der Waals surface area contributed by atoms with Crippen LogP contribution in [-0.2, 0) is 85.6 Å². The maximum atomic E-state index is 14.7. The molecule has 0 aromatic heterocycles. The van der Waals surface area contributed by atoms with E-state index >= 15 is 0 Å². The van der Waals surface area contributed by atoms with Crippen molar-refractivity contribution in [3.63, 3.8) is 0 Å². The number of alkyl carbamates (subject to hydrolysis) is 1. The van der Waals surface area contributed by atoms with Gasteiger partial charge in [0, 0.05) is 71.6 Å². The second-order valence-electron chi connectivity index (χ2n) is 24.8.